The summed E-state index contributed by atoms with van der Waals surface area (Å²) < 4.78 is 21.5. The Balaban J connectivity index is 1.80. The van der Waals surface area contributed by atoms with Gasteiger partial charge in [-0.2, -0.15) is 5.26 Å². The number of amides is 1. The molecule has 0 radical (unpaired) electrons. The van der Waals surface area contributed by atoms with Gasteiger partial charge < -0.3 is 14.2 Å². The second-order valence-electron chi connectivity index (χ2n) is 7.67. The predicted molar refractivity (Wildman–Crippen MR) is 127 cm³/mol. The van der Waals surface area contributed by atoms with Crippen molar-refractivity contribution in [1.82, 2.24) is 9.47 Å². The molecule has 4 aromatic rings. The fourth-order valence-corrected chi connectivity index (χ4v) is 3.97. The van der Waals surface area contributed by atoms with Crippen molar-refractivity contribution < 1.29 is 13.9 Å². The molecule has 3 aromatic carbocycles. The van der Waals surface area contributed by atoms with E-state index in [0.29, 0.717) is 30.9 Å². The third kappa shape index (κ3) is 4.58. The maximum atomic E-state index is 13.6. The fraction of sp³-hybridized carbons (Fsp3) is 0.185. The molecule has 0 fully saturated rings. The third-order valence-corrected chi connectivity index (χ3v) is 5.68. The van der Waals surface area contributed by atoms with E-state index < -0.39 is 6.09 Å². The van der Waals surface area contributed by atoms with Gasteiger partial charge in [0.15, 0.2) is 0 Å². The summed E-state index contributed by atoms with van der Waals surface area (Å²) >= 11 is 0. The molecule has 0 bridgehead atoms. The van der Waals surface area contributed by atoms with Crippen LogP contribution in [0.15, 0.2) is 72.9 Å². The average Bonchev–Trinajstić information content (AvgIpc) is 3.23. The van der Waals surface area contributed by atoms with E-state index in [0.717, 1.165) is 27.6 Å². The maximum Gasteiger partial charge on any atom is 0.415 e. The molecule has 0 spiro atoms. The monoisotopic (exact) mass is 441 g/mol. The second-order valence-corrected chi connectivity index (χ2v) is 7.67. The molecule has 1 aromatic heterocycles. The highest BCUT2D eigenvalue weighted by atomic mass is 19.1. The first-order valence-corrected chi connectivity index (χ1v) is 10.9. The molecule has 0 aliphatic heterocycles. The largest absolute Gasteiger partial charge is 0.415 e. The van der Waals surface area contributed by atoms with E-state index in [2.05, 4.69) is 10.6 Å². The molecule has 0 aliphatic carbocycles. The van der Waals surface area contributed by atoms with E-state index in [1.807, 2.05) is 50.4 Å². The van der Waals surface area contributed by atoms with Crippen molar-refractivity contribution in [3.8, 4) is 22.9 Å². The number of carbonyl (C=O) groups is 1. The van der Waals surface area contributed by atoms with Crippen molar-refractivity contribution in [1.29, 1.82) is 5.26 Å². The molecule has 4 rings (SSSR count). The number of ether oxygens (including phenoxy) is 1. The van der Waals surface area contributed by atoms with E-state index in [1.165, 1.54) is 12.1 Å². The van der Waals surface area contributed by atoms with Crippen LogP contribution >= 0.6 is 0 Å². The van der Waals surface area contributed by atoms with Gasteiger partial charge in [0.25, 0.3) is 0 Å². The lowest BCUT2D eigenvalue weighted by atomic mass is 10.0. The lowest BCUT2D eigenvalue weighted by Crippen LogP contribution is -2.33. The van der Waals surface area contributed by atoms with Crippen LogP contribution in [0.4, 0.5) is 9.18 Å². The normalized spacial score (nSPS) is 10.7. The smallest absolute Gasteiger partial charge is 0.410 e. The van der Waals surface area contributed by atoms with E-state index in [9.17, 15) is 14.4 Å². The summed E-state index contributed by atoms with van der Waals surface area (Å²) in [5, 5.41) is 10.1. The molecule has 0 aliphatic rings. The Hall–Kier alpha value is -4.11. The van der Waals surface area contributed by atoms with E-state index in [1.54, 1.807) is 29.2 Å². The van der Waals surface area contributed by atoms with Crippen LogP contribution in [0.1, 0.15) is 25.0 Å². The van der Waals surface area contributed by atoms with Crippen molar-refractivity contribution in [2.75, 3.05) is 13.1 Å². The van der Waals surface area contributed by atoms with Crippen LogP contribution in [0, 0.1) is 17.1 Å². The van der Waals surface area contributed by atoms with Crippen molar-refractivity contribution in [2.24, 2.45) is 0 Å². The minimum Gasteiger partial charge on any atom is -0.410 e. The zero-order valence-corrected chi connectivity index (χ0v) is 18.6. The Labute approximate surface area is 192 Å². The van der Waals surface area contributed by atoms with Crippen molar-refractivity contribution in [3.05, 3.63) is 89.9 Å². The van der Waals surface area contributed by atoms with Gasteiger partial charge in [-0.3, -0.25) is 0 Å². The fourth-order valence-electron chi connectivity index (χ4n) is 3.97. The first-order valence-electron chi connectivity index (χ1n) is 10.9. The summed E-state index contributed by atoms with van der Waals surface area (Å²) in [5.74, 6) is 0.0952. The topological polar surface area (TPSA) is 58.3 Å². The van der Waals surface area contributed by atoms with Crippen molar-refractivity contribution in [2.45, 2.75) is 20.4 Å². The summed E-state index contributed by atoms with van der Waals surface area (Å²) in [6.45, 7) is 5.47. The summed E-state index contributed by atoms with van der Waals surface area (Å²) in [7, 11) is 0. The number of halogens is 1. The van der Waals surface area contributed by atoms with Gasteiger partial charge in [-0.1, -0.05) is 24.3 Å². The molecular formula is C27H24FN3O2. The second kappa shape index (κ2) is 9.58. The van der Waals surface area contributed by atoms with E-state index >= 15 is 0 Å². The van der Waals surface area contributed by atoms with Crippen LogP contribution in [0.25, 0.3) is 22.0 Å². The highest BCUT2D eigenvalue weighted by Gasteiger charge is 2.19. The molecule has 0 saturated heterocycles. The molecule has 0 N–H and O–H groups in total. The number of aromatic nitrogens is 1. The number of benzene rings is 3. The number of fused-ring (bicyclic) bond motifs is 1. The zero-order chi connectivity index (χ0) is 23.4. The molecular weight excluding hydrogens is 417 g/mol. The lowest BCUT2D eigenvalue weighted by Gasteiger charge is -2.20. The lowest BCUT2D eigenvalue weighted by molar-refractivity contribution is 0.157. The number of hydrogen-bond donors (Lipinski definition) is 0. The van der Waals surface area contributed by atoms with E-state index in [4.69, 9.17) is 4.74 Å². The molecule has 33 heavy (non-hydrogen) atoms. The molecule has 0 saturated carbocycles. The van der Waals surface area contributed by atoms with Gasteiger partial charge in [-0.25, -0.2) is 9.18 Å². The van der Waals surface area contributed by atoms with Crippen LogP contribution in [0.5, 0.6) is 5.75 Å². The Morgan fingerprint density at radius 2 is 1.82 bits per heavy atom. The van der Waals surface area contributed by atoms with Crippen LogP contribution in [-0.4, -0.2) is 28.6 Å². The van der Waals surface area contributed by atoms with Gasteiger partial charge in [0.1, 0.15) is 11.6 Å². The van der Waals surface area contributed by atoms with Crippen LogP contribution in [0.2, 0.25) is 0 Å². The number of nitriles is 1. The van der Waals surface area contributed by atoms with Crippen LogP contribution in [-0.2, 0) is 6.54 Å². The summed E-state index contributed by atoms with van der Waals surface area (Å²) in [6.07, 6.45) is 1.54. The van der Waals surface area contributed by atoms with E-state index in [-0.39, 0.29) is 5.82 Å². The quantitative estimate of drug-likeness (QED) is 0.357. The molecule has 1 amide bonds. The van der Waals surface area contributed by atoms with Gasteiger partial charge in [0.2, 0.25) is 0 Å². The third-order valence-electron chi connectivity index (χ3n) is 5.68. The number of nitrogens with zero attached hydrogens (tertiary/aromatic N) is 3. The summed E-state index contributed by atoms with van der Waals surface area (Å²) in [5.41, 5.74) is 4.05. The highest BCUT2D eigenvalue weighted by molar-refractivity contribution is 5.99. The molecule has 0 unspecified atom stereocenters. The standard InChI is InChI=1S/C27H24FN3O2/c1-3-30(4-2)27(32)33-25-13-12-24-23(26(25)21-8-10-22(28)11-9-21)14-15-31(24)18-20-7-5-6-19(16-20)17-29/h5-16H,3-4,18H2,1-2H3. The van der Waals surface area contributed by atoms with Crippen LogP contribution < -0.4 is 4.74 Å². The Morgan fingerprint density at radius 3 is 2.52 bits per heavy atom. The molecule has 5 nitrogen and oxygen atoms in total. The maximum absolute atomic E-state index is 13.6. The zero-order valence-electron chi connectivity index (χ0n) is 18.6. The molecule has 166 valence electrons. The van der Waals surface area contributed by atoms with Crippen LogP contribution in [0.3, 0.4) is 0 Å². The van der Waals surface area contributed by atoms with Gasteiger partial charge in [0.05, 0.1) is 11.6 Å². The molecule has 0 atom stereocenters. The minimum atomic E-state index is -0.421. The summed E-state index contributed by atoms with van der Waals surface area (Å²) in [4.78, 5) is 14.3. The Kier molecular flexibility index (Phi) is 6.41. The van der Waals surface area contributed by atoms with Gasteiger partial charge in [-0.05, 0) is 67.4 Å². The Bertz CT molecular complexity index is 1330. The number of carbonyl (C=O) groups excluding carboxylic acids is 1. The first-order chi connectivity index (χ1) is 16.0. The minimum absolute atomic E-state index is 0.331. The van der Waals surface area contributed by atoms with Gasteiger partial charge in [-0.15, -0.1) is 0 Å². The number of rotatable bonds is 6. The molecule has 1 heterocycles. The first kappa shape index (κ1) is 22.1. The molecule has 6 heteroatoms. The summed E-state index contributed by atoms with van der Waals surface area (Å²) in [6, 6.07) is 21.5. The highest BCUT2D eigenvalue weighted by Crippen LogP contribution is 2.38. The van der Waals surface area contributed by atoms with Gasteiger partial charge in [0, 0.05) is 42.3 Å². The number of hydrogen-bond acceptors (Lipinski definition) is 3. The Morgan fingerprint density at radius 1 is 1.06 bits per heavy atom. The SMILES string of the molecule is CCN(CC)C(=O)Oc1ccc2c(ccn2Cc2cccc(C#N)c2)c1-c1ccc(F)cc1. The van der Waals surface area contributed by atoms with Crippen molar-refractivity contribution >= 4 is 17.0 Å². The van der Waals surface area contributed by atoms with Gasteiger partial charge >= 0.3 is 6.09 Å². The van der Waals surface area contributed by atoms with Crippen molar-refractivity contribution in [3.63, 3.8) is 0 Å². The average molecular weight is 442 g/mol. The predicted octanol–water partition coefficient (Wildman–Crippen LogP) is 6.21.